The van der Waals surface area contributed by atoms with E-state index < -0.39 is 5.97 Å². The molecule has 2 rings (SSSR count). The summed E-state index contributed by atoms with van der Waals surface area (Å²) in [5.41, 5.74) is 0.761. The van der Waals surface area contributed by atoms with Crippen molar-refractivity contribution in [3.05, 3.63) is 39.5 Å². The fourth-order valence-corrected chi connectivity index (χ4v) is 1.93. The Morgan fingerprint density at radius 1 is 1.40 bits per heavy atom. The Morgan fingerprint density at radius 3 is 2.80 bits per heavy atom. The molecule has 0 unspecified atom stereocenters. The minimum Gasteiger partial charge on any atom is -0.478 e. The van der Waals surface area contributed by atoms with Crippen LogP contribution in [0.2, 0.25) is 5.02 Å². The molecule has 0 aliphatic heterocycles. The Labute approximate surface area is 98.8 Å². The summed E-state index contributed by atoms with van der Waals surface area (Å²) in [6.07, 6.45) is 1.62. The van der Waals surface area contributed by atoms with Crippen molar-refractivity contribution in [1.29, 1.82) is 0 Å². The lowest BCUT2D eigenvalue weighted by atomic mass is 10.1. The van der Waals surface area contributed by atoms with E-state index in [1.807, 2.05) is 0 Å². The summed E-state index contributed by atoms with van der Waals surface area (Å²) in [6, 6.07) is 4.72. The van der Waals surface area contributed by atoms with E-state index in [2.05, 4.69) is 20.9 Å². The summed E-state index contributed by atoms with van der Waals surface area (Å²) in [6.45, 7) is 0. The fraction of sp³-hybridized carbons (Fsp3) is 0. The van der Waals surface area contributed by atoms with Gasteiger partial charge in [0.25, 0.3) is 0 Å². The minimum absolute atomic E-state index is 0.160. The van der Waals surface area contributed by atoms with Gasteiger partial charge < -0.3 is 5.11 Å². The van der Waals surface area contributed by atoms with E-state index in [9.17, 15) is 4.79 Å². The molecule has 0 amide bonds. The van der Waals surface area contributed by atoms with Gasteiger partial charge in [0.15, 0.2) is 0 Å². The van der Waals surface area contributed by atoms with E-state index in [0.29, 0.717) is 15.9 Å². The molecule has 1 aromatic heterocycles. The van der Waals surface area contributed by atoms with Crippen LogP contribution >= 0.6 is 27.5 Å². The second-order valence-corrected chi connectivity index (χ2v) is 4.31. The second kappa shape index (κ2) is 3.79. The number of halogens is 2. The number of aromatic nitrogens is 1. The van der Waals surface area contributed by atoms with Crippen molar-refractivity contribution >= 4 is 44.4 Å². The highest BCUT2D eigenvalue weighted by molar-refractivity contribution is 9.10. The van der Waals surface area contributed by atoms with Gasteiger partial charge in [0.2, 0.25) is 0 Å². The van der Waals surface area contributed by atoms with Crippen LogP contribution in [0, 0.1) is 0 Å². The lowest BCUT2D eigenvalue weighted by molar-refractivity contribution is 0.0697. The number of fused-ring (bicyclic) bond motifs is 1. The zero-order chi connectivity index (χ0) is 11.0. The smallest absolute Gasteiger partial charge is 0.335 e. The molecule has 15 heavy (non-hydrogen) atoms. The molecule has 0 bridgehead atoms. The van der Waals surface area contributed by atoms with Crippen LogP contribution in [0.15, 0.2) is 28.9 Å². The maximum Gasteiger partial charge on any atom is 0.335 e. The third-order valence-electron chi connectivity index (χ3n) is 1.95. The number of pyridine rings is 1. The zero-order valence-electron chi connectivity index (χ0n) is 7.37. The number of carboxylic acids is 1. The van der Waals surface area contributed by atoms with Gasteiger partial charge in [-0.05, 0) is 34.1 Å². The van der Waals surface area contributed by atoms with Crippen molar-refractivity contribution in [2.75, 3.05) is 0 Å². The molecule has 0 radical (unpaired) electrons. The molecule has 76 valence electrons. The lowest BCUT2D eigenvalue weighted by Gasteiger charge is -2.02. The summed E-state index contributed by atoms with van der Waals surface area (Å²) in [5.74, 6) is -1.00. The van der Waals surface area contributed by atoms with E-state index in [-0.39, 0.29) is 5.56 Å². The first-order valence-electron chi connectivity index (χ1n) is 4.06. The van der Waals surface area contributed by atoms with Gasteiger partial charge in [-0.15, -0.1) is 0 Å². The number of hydrogen-bond acceptors (Lipinski definition) is 2. The molecule has 1 N–H and O–H groups in total. The molecule has 0 atom stereocenters. The van der Waals surface area contributed by atoms with Crippen LogP contribution in [-0.2, 0) is 0 Å². The second-order valence-electron chi connectivity index (χ2n) is 2.99. The maximum atomic E-state index is 10.8. The zero-order valence-corrected chi connectivity index (χ0v) is 9.71. The largest absolute Gasteiger partial charge is 0.478 e. The Bertz CT molecular complexity index is 556. The molecule has 1 heterocycles. The maximum absolute atomic E-state index is 10.8. The molecule has 1 aromatic carbocycles. The van der Waals surface area contributed by atoms with E-state index in [1.54, 1.807) is 18.3 Å². The molecule has 0 aliphatic rings. The van der Waals surface area contributed by atoms with Crippen LogP contribution in [0.3, 0.4) is 0 Å². The number of benzene rings is 1. The van der Waals surface area contributed by atoms with Crippen molar-refractivity contribution in [3.63, 3.8) is 0 Å². The van der Waals surface area contributed by atoms with Crippen molar-refractivity contribution in [2.45, 2.75) is 0 Å². The Hall–Kier alpha value is -1.13. The van der Waals surface area contributed by atoms with Gasteiger partial charge in [0, 0.05) is 16.1 Å². The third kappa shape index (κ3) is 1.96. The summed E-state index contributed by atoms with van der Waals surface area (Å²) < 4.78 is 0.786. The van der Waals surface area contributed by atoms with E-state index in [0.717, 1.165) is 4.47 Å². The summed E-state index contributed by atoms with van der Waals surface area (Å²) in [7, 11) is 0. The molecular weight excluding hydrogens is 281 g/mol. The number of nitrogens with zero attached hydrogens (tertiary/aromatic N) is 1. The lowest BCUT2D eigenvalue weighted by Crippen LogP contribution is -1.96. The van der Waals surface area contributed by atoms with Crippen LogP contribution in [0.5, 0.6) is 0 Å². The Kier molecular flexibility index (Phi) is 2.63. The number of carbonyl (C=O) groups is 1. The normalized spacial score (nSPS) is 10.5. The molecule has 0 saturated heterocycles. The Morgan fingerprint density at radius 2 is 2.13 bits per heavy atom. The Balaban J connectivity index is 2.79. The first-order chi connectivity index (χ1) is 7.08. The molecule has 2 aromatic rings. The fourth-order valence-electron chi connectivity index (χ4n) is 1.30. The number of aromatic carboxylic acids is 1. The van der Waals surface area contributed by atoms with Crippen molar-refractivity contribution in [3.8, 4) is 0 Å². The number of hydrogen-bond donors (Lipinski definition) is 1. The van der Waals surface area contributed by atoms with Crippen molar-refractivity contribution in [1.82, 2.24) is 4.98 Å². The molecule has 0 fully saturated rings. The van der Waals surface area contributed by atoms with Gasteiger partial charge in [-0.2, -0.15) is 0 Å². The topological polar surface area (TPSA) is 50.2 Å². The summed E-state index contributed by atoms with van der Waals surface area (Å²) in [5, 5.41) is 9.90. The first-order valence-corrected chi connectivity index (χ1v) is 5.23. The van der Waals surface area contributed by atoms with E-state index >= 15 is 0 Å². The number of carboxylic acid groups (broad SMARTS) is 1. The monoisotopic (exact) mass is 285 g/mol. The van der Waals surface area contributed by atoms with Gasteiger partial charge in [0.1, 0.15) is 0 Å². The third-order valence-corrected chi connectivity index (χ3v) is 2.67. The van der Waals surface area contributed by atoms with Crippen molar-refractivity contribution in [2.24, 2.45) is 0 Å². The van der Waals surface area contributed by atoms with Crippen LogP contribution in [-0.4, -0.2) is 16.1 Å². The highest BCUT2D eigenvalue weighted by Crippen LogP contribution is 2.25. The molecule has 0 spiro atoms. The predicted molar refractivity (Wildman–Crippen MR) is 61.4 cm³/mol. The van der Waals surface area contributed by atoms with Crippen LogP contribution in [0.25, 0.3) is 10.9 Å². The quantitative estimate of drug-likeness (QED) is 0.874. The molecular formula is C10H5BrClNO2. The highest BCUT2D eigenvalue weighted by atomic mass is 79.9. The molecule has 0 aliphatic carbocycles. The predicted octanol–water partition coefficient (Wildman–Crippen LogP) is 3.35. The summed E-state index contributed by atoms with van der Waals surface area (Å²) in [4.78, 5) is 14.9. The van der Waals surface area contributed by atoms with Gasteiger partial charge in [-0.1, -0.05) is 11.6 Å². The standard InChI is InChI=1S/C10H5BrClNO2/c11-7-2-5-1-6(10(14)15)3-8(12)9(5)13-4-7/h1-4H,(H,14,15). The molecule has 3 nitrogen and oxygen atoms in total. The average Bonchev–Trinajstić information content (AvgIpc) is 2.16. The van der Waals surface area contributed by atoms with Crippen LogP contribution in [0.4, 0.5) is 0 Å². The van der Waals surface area contributed by atoms with Crippen LogP contribution in [0.1, 0.15) is 10.4 Å². The molecule has 5 heteroatoms. The van der Waals surface area contributed by atoms with E-state index in [1.165, 1.54) is 6.07 Å². The van der Waals surface area contributed by atoms with Gasteiger partial charge in [0.05, 0.1) is 16.1 Å². The van der Waals surface area contributed by atoms with Crippen molar-refractivity contribution < 1.29 is 9.90 Å². The SMILES string of the molecule is O=C(O)c1cc(Cl)c2ncc(Br)cc2c1. The van der Waals surface area contributed by atoms with E-state index in [4.69, 9.17) is 16.7 Å². The minimum atomic E-state index is -1.00. The van der Waals surface area contributed by atoms with Gasteiger partial charge in [-0.3, -0.25) is 4.98 Å². The number of rotatable bonds is 1. The highest BCUT2D eigenvalue weighted by Gasteiger charge is 2.08. The van der Waals surface area contributed by atoms with Gasteiger partial charge >= 0.3 is 5.97 Å². The van der Waals surface area contributed by atoms with Gasteiger partial charge in [-0.25, -0.2) is 4.79 Å². The molecule has 0 saturated carbocycles. The average molecular weight is 287 g/mol. The first kappa shape index (κ1) is 10.4. The summed E-state index contributed by atoms with van der Waals surface area (Å²) >= 11 is 9.18. The van der Waals surface area contributed by atoms with Crippen LogP contribution < -0.4 is 0 Å².